The highest BCUT2D eigenvalue weighted by Gasteiger charge is 1.89. The fraction of sp³-hybridized carbons (Fsp3) is 0.250. The molecule has 0 atom stereocenters. The van der Waals surface area contributed by atoms with E-state index in [1.807, 2.05) is 0 Å². The first-order valence-electron chi connectivity index (χ1n) is 1.91. The molecule has 0 N–H and O–H groups in total. The molecular formula is C4H4NO2. The molecule has 0 bridgehead atoms. The van der Waals surface area contributed by atoms with Crippen molar-refractivity contribution in [1.29, 1.82) is 0 Å². The monoisotopic (exact) mass is 98.0 g/mol. The van der Waals surface area contributed by atoms with Crippen LogP contribution in [0.3, 0.4) is 0 Å². The van der Waals surface area contributed by atoms with Crippen molar-refractivity contribution in [1.82, 2.24) is 5.16 Å². The standard InChI is InChI=1S/C4H4NO2/c6-3-4-1-2-5-7-4/h1-2H,3H2. The van der Waals surface area contributed by atoms with Crippen LogP contribution in [-0.4, -0.2) is 5.16 Å². The van der Waals surface area contributed by atoms with Gasteiger partial charge in [-0.15, -0.1) is 0 Å². The van der Waals surface area contributed by atoms with Crippen molar-refractivity contribution in [3.8, 4) is 0 Å². The first-order chi connectivity index (χ1) is 3.43. The minimum absolute atomic E-state index is 0.319. The lowest BCUT2D eigenvalue weighted by molar-refractivity contribution is 0.147. The van der Waals surface area contributed by atoms with Crippen LogP contribution in [-0.2, 0) is 11.7 Å². The number of hydrogen-bond acceptors (Lipinski definition) is 2. The van der Waals surface area contributed by atoms with Crippen molar-refractivity contribution in [2.24, 2.45) is 0 Å². The second-order valence-corrected chi connectivity index (χ2v) is 1.12. The van der Waals surface area contributed by atoms with Crippen molar-refractivity contribution < 1.29 is 9.63 Å². The van der Waals surface area contributed by atoms with Crippen molar-refractivity contribution in [3.63, 3.8) is 0 Å². The summed E-state index contributed by atoms with van der Waals surface area (Å²) in [6, 6.07) is 1.55. The van der Waals surface area contributed by atoms with Crippen LogP contribution in [0.1, 0.15) is 5.76 Å². The molecule has 3 nitrogen and oxygen atoms in total. The number of nitrogens with zero attached hydrogens (tertiary/aromatic N) is 1. The third kappa shape index (κ3) is 0.778. The van der Waals surface area contributed by atoms with Gasteiger partial charge in [0.1, 0.15) is 6.61 Å². The highest BCUT2D eigenvalue weighted by Crippen LogP contribution is 1.93. The predicted molar refractivity (Wildman–Crippen MR) is 20.9 cm³/mol. The highest BCUT2D eigenvalue weighted by molar-refractivity contribution is 4.89. The van der Waals surface area contributed by atoms with Gasteiger partial charge in [0.2, 0.25) is 0 Å². The second kappa shape index (κ2) is 1.75. The van der Waals surface area contributed by atoms with Gasteiger partial charge in [-0.2, -0.15) is 0 Å². The van der Waals surface area contributed by atoms with E-state index in [2.05, 4.69) is 9.68 Å². The molecule has 3 heteroatoms. The molecule has 0 aliphatic heterocycles. The molecule has 1 aromatic heterocycles. The van der Waals surface area contributed by atoms with Crippen LogP contribution in [0.25, 0.3) is 0 Å². The van der Waals surface area contributed by atoms with E-state index < -0.39 is 0 Å². The van der Waals surface area contributed by atoms with E-state index in [0.29, 0.717) is 5.76 Å². The van der Waals surface area contributed by atoms with Gasteiger partial charge in [0.15, 0.2) is 5.76 Å². The summed E-state index contributed by atoms with van der Waals surface area (Å²) in [5.41, 5.74) is 0. The molecule has 0 saturated carbocycles. The summed E-state index contributed by atoms with van der Waals surface area (Å²) in [5, 5.41) is 13.2. The maximum Gasteiger partial charge on any atom is 0.165 e. The molecule has 37 valence electrons. The Morgan fingerprint density at radius 3 is 3.00 bits per heavy atom. The molecule has 0 spiro atoms. The average Bonchev–Trinajstić information content (AvgIpc) is 2.14. The SMILES string of the molecule is [O]Cc1ccno1. The van der Waals surface area contributed by atoms with Crippen LogP contribution < -0.4 is 0 Å². The fourth-order valence-corrected chi connectivity index (χ4v) is 0.317. The molecule has 0 aliphatic carbocycles. The van der Waals surface area contributed by atoms with Crippen molar-refractivity contribution in [2.75, 3.05) is 0 Å². The molecule has 1 rings (SSSR count). The molecule has 0 fully saturated rings. The molecule has 0 unspecified atom stereocenters. The van der Waals surface area contributed by atoms with Gasteiger partial charge in [0.25, 0.3) is 0 Å². The zero-order chi connectivity index (χ0) is 5.11. The first kappa shape index (κ1) is 4.33. The second-order valence-electron chi connectivity index (χ2n) is 1.12. The zero-order valence-electron chi connectivity index (χ0n) is 3.63. The molecule has 0 saturated heterocycles. The average molecular weight is 98.1 g/mol. The highest BCUT2D eigenvalue weighted by atomic mass is 16.5. The topological polar surface area (TPSA) is 45.9 Å². The summed E-state index contributed by atoms with van der Waals surface area (Å²) in [4.78, 5) is 0. The van der Waals surface area contributed by atoms with Gasteiger partial charge in [0.05, 0.1) is 6.20 Å². The third-order valence-electron chi connectivity index (χ3n) is 0.634. The van der Waals surface area contributed by atoms with E-state index in [-0.39, 0.29) is 6.61 Å². The maximum atomic E-state index is 9.86. The minimum Gasteiger partial charge on any atom is -0.359 e. The summed E-state index contributed by atoms with van der Waals surface area (Å²) in [6.45, 7) is -0.319. The molecule has 1 aromatic rings. The molecule has 1 radical (unpaired) electrons. The van der Waals surface area contributed by atoms with E-state index in [1.54, 1.807) is 6.07 Å². The van der Waals surface area contributed by atoms with E-state index in [1.165, 1.54) is 6.20 Å². The van der Waals surface area contributed by atoms with Gasteiger partial charge in [0, 0.05) is 6.07 Å². The largest absolute Gasteiger partial charge is 0.359 e. The van der Waals surface area contributed by atoms with Crippen LogP contribution in [0.5, 0.6) is 0 Å². The number of hydrogen-bond donors (Lipinski definition) is 0. The lowest BCUT2D eigenvalue weighted by Crippen LogP contribution is -1.70. The summed E-state index contributed by atoms with van der Waals surface area (Å²) in [5.74, 6) is 0.389. The quantitative estimate of drug-likeness (QED) is 0.516. The normalized spacial score (nSPS) is 9.29. The van der Waals surface area contributed by atoms with Crippen LogP contribution >= 0.6 is 0 Å². The zero-order valence-corrected chi connectivity index (χ0v) is 3.63. The fourth-order valence-electron chi connectivity index (χ4n) is 0.317. The smallest absolute Gasteiger partial charge is 0.165 e. The first-order valence-corrected chi connectivity index (χ1v) is 1.91. The van der Waals surface area contributed by atoms with E-state index in [9.17, 15) is 5.11 Å². The Hall–Kier alpha value is -0.830. The molecule has 0 aromatic carbocycles. The maximum absolute atomic E-state index is 9.86. The third-order valence-corrected chi connectivity index (χ3v) is 0.634. The van der Waals surface area contributed by atoms with Crippen molar-refractivity contribution in [2.45, 2.75) is 6.61 Å². The molecular weight excluding hydrogens is 94.0 g/mol. The van der Waals surface area contributed by atoms with Gasteiger partial charge in [-0.05, 0) is 0 Å². The van der Waals surface area contributed by atoms with E-state index in [4.69, 9.17) is 0 Å². The van der Waals surface area contributed by atoms with E-state index in [0.717, 1.165) is 0 Å². The summed E-state index contributed by atoms with van der Waals surface area (Å²) < 4.78 is 4.42. The predicted octanol–water partition coefficient (Wildman–Crippen LogP) is 0.605. The molecule has 1 heterocycles. The van der Waals surface area contributed by atoms with Gasteiger partial charge < -0.3 is 4.52 Å². The Balaban J connectivity index is 2.76. The summed E-state index contributed by atoms with van der Waals surface area (Å²) in [6.07, 6.45) is 1.45. The van der Waals surface area contributed by atoms with Crippen molar-refractivity contribution in [3.05, 3.63) is 18.0 Å². The Kier molecular flexibility index (Phi) is 1.08. The van der Waals surface area contributed by atoms with Gasteiger partial charge >= 0.3 is 0 Å². The Labute approximate surface area is 40.6 Å². The van der Waals surface area contributed by atoms with Gasteiger partial charge in [-0.1, -0.05) is 5.16 Å². The van der Waals surface area contributed by atoms with Crippen LogP contribution in [0.4, 0.5) is 0 Å². The lowest BCUT2D eigenvalue weighted by atomic mass is 10.5. The molecule has 7 heavy (non-hydrogen) atoms. The van der Waals surface area contributed by atoms with Crippen LogP contribution in [0.2, 0.25) is 0 Å². The Morgan fingerprint density at radius 1 is 1.86 bits per heavy atom. The summed E-state index contributed by atoms with van der Waals surface area (Å²) in [7, 11) is 0. The Morgan fingerprint density at radius 2 is 2.71 bits per heavy atom. The van der Waals surface area contributed by atoms with Crippen LogP contribution in [0.15, 0.2) is 16.8 Å². The van der Waals surface area contributed by atoms with Crippen LogP contribution in [0, 0.1) is 0 Å². The van der Waals surface area contributed by atoms with Gasteiger partial charge in [-0.3, -0.25) is 0 Å². The Bertz CT molecular complexity index is 124. The number of aromatic nitrogens is 1. The lowest BCUT2D eigenvalue weighted by Gasteiger charge is -1.73. The van der Waals surface area contributed by atoms with Gasteiger partial charge in [-0.25, -0.2) is 5.11 Å². The van der Waals surface area contributed by atoms with Crippen molar-refractivity contribution >= 4 is 0 Å². The molecule has 0 amide bonds. The minimum atomic E-state index is -0.319. The number of rotatable bonds is 1. The van der Waals surface area contributed by atoms with E-state index >= 15 is 0 Å². The molecule has 0 aliphatic rings. The summed E-state index contributed by atoms with van der Waals surface area (Å²) >= 11 is 0.